The fourth-order valence-electron chi connectivity index (χ4n) is 4.27. The van der Waals surface area contributed by atoms with Crippen LogP contribution < -0.4 is 9.73 Å². The highest BCUT2D eigenvalue weighted by Gasteiger charge is 2.28. The second-order valence-electron chi connectivity index (χ2n) is 9.14. The molecule has 1 amide bonds. The van der Waals surface area contributed by atoms with Gasteiger partial charge in [0, 0.05) is 32.1 Å². The van der Waals surface area contributed by atoms with Crippen LogP contribution in [-0.2, 0) is 14.8 Å². The molecule has 202 valence electrons. The number of rotatable bonds is 8. The van der Waals surface area contributed by atoms with E-state index in [2.05, 4.69) is 31.0 Å². The summed E-state index contributed by atoms with van der Waals surface area (Å²) in [4.78, 5) is 13.1. The minimum Gasteiger partial charge on any atom is -0.318 e. The summed E-state index contributed by atoms with van der Waals surface area (Å²) in [6.07, 6.45) is 1.55. The highest BCUT2D eigenvalue weighted by atomic mass is 79.9. The molecule has 3 aromatic carbocycles. The molecule has 4 aromatic rings. The lowest BCUT2D eigenvalue weighted by molar-refractivity contribution is -0.119. The van der Waals surface area contributed by atoms with Crippen LogP contribution in [0.5, 0.6) is 0 Å². The summed E-state index contributed by atoms with van der Waals surface area (Å²) in [5.74, 6) is -0.595. The third kappa shape index (κ3) is 6.27. The highest BCUT2D eigenvalue weighted by molar-refractivity contribution is 9.10. The number of nitrogens with one attached hydrogen (secondary N) is 1. The maximum Gasteiger partial charge on any atom is 0.264 e. The molecule has 0 aliphatic carbocycles. The summed E-state index contributed by atoms with van der Waals surface area (Å²) < 4.78 is 31.4. The Kier molecular flexibility index (Phi) is 8.64. The average Bonchev–Trinajstić information content (AvgIpc) is 3.17. The van der Waals surface area contributed by atoms with Gasteiger partial charge in [0.1, 0.15) is 6.54 Å². The molecule has 1 N–H and O–H groups in total. The van der Waals surface area contributed by atoms with Gasteiger partial charge in [0.05, 0.1) is 16.8 Å². The number of halogens is 2. The predicted molar refractivity (Wildman–Crippen MR) is 161 cm³/mol. The van der Waals surface area contributed by atoms with Gasteiger partial charge in [-0.15, -0.1) is 0 Å². The van der Waals surface area contributed by atoms with Gasteiger partial charge in [-0.2, -0.15) is 5.10 Å². The Bertz CT molecular complexity index is 1660. The molecule has 0 unspecified atom stereocenters. The number of aromatic nitrogens is 1. The zero-order valence-corrected chi connectivity index (χ0v) is 25.1. The molecule has 0 radical (unpaired) electrons. The lowest BCUT2D eigenvalue weighted by Gasteiger charge is -2.25. The molecule has 0 saturated heterocycles. The molecule has 0 aliphatic rings. The summed E-state index contributed by atoms with van der Waals surface area (Å²) in [6.45, 7) is 7.06. The first-order valence-corrected chi connectivity index (χ1v) is 14.7. The molecule has 10 heteroatoms. The smallest absolute Gasteiger partial charge is 0.264 e. The Morgan fingerprint density at radius 1 is 1.03 bits per heavy atom. The number of hydrogen-bond donors (Lipinski definition) is 1. The van der Waals surface area contributed by atoms with Crippen molar-refractivity contribution in [3.8, 4) is 5.69 Å². The van der Waals surface area contributed by atoms with Crippen LogP contribution in [0.25, 0.3) is 5.69 Å². The van der Waals surface area contributed by atoms with Crippen LogP contribution in [0.2, 0.25) is 5.02 Å². The molecular weight excluding hydrogens is 600 g/mol. The summed E-state index contributed by atoms with van der Waals surface area (Å²) in [7, 11) is -4.07. The Balaban J connectivity index is 1.59. The first-order valence-electron chi connectivity index (χ1n) is 12.1. The Morgan fingerprint density at radius 2 is 1.72 bits per heavy atom. The molecule has 1 aromatic heterocycles. The Hall–Kier alpha value is -3.40. The number of benzene rings is 3. The number of anilines is 1. The number of aryl methyl sites for hydroxylation is 2. The monoisotopic (exact) mass is 626 g/mol. The molecule has 0 atom stereocenters. The van der Waals surface area contributed by atoms with E-state index < -0.39 is 22.5 Å². The number of carbonyl (C=O) groups excluding carboxylic acids is 1. The SMILES string of the molecule is Cc1ccc(S(=O)(=O)N(CC(=O)N/N=C\c2cc(C)n(-c3cccc(Br)c3)c2C)c2cccc(Cl)c2C)cc1. The number of carbonyl (C=O) groups is 1. The van der Waals surface area contributed by atoms with Crippen molar-refractivity contribution >= 4 is 55.4 Å². The van der Waals surface area contributed by atoms with Crippen LogP contribution in [0.1, 0.15) is 28.1 Å². The van der Waals surface area contributed by atoms with E-state index in [0.717, 1.165) is 37.0 Å². The zero-order valence-electron chi connectivity index (χ0n) is 21.9. The van der Waals surface area contributed by atoms with Crippen molar-refractivity contribution in [2.75, 3.05) is 10.8 Å². The normalized spacial score (nSPS) is 11.6. The molecule has 7 nitrogen and oxygen atoms in total. The van der Waals surface area contributed by atoms with Gasteiger partial charge >= 0.3 is 0 Å². The quantitative estimate of drug-likeness (QED) is 0.180. The summed E-state index contributed by atoms with van der Waals surface area (Å²) in [5.41, 5.74) is 8.04. The second-order valence-corrected chi connectivity index (χ2v) is 12.3. The van der Waals surface area contributed by atoms with Crippen LogP contribution in [-0.4, -0.2) is 31.7 Å². The summed E-state index contributed by atoms with van der Waals surface area (Å²) in [5, 5.41) is 4.53. The number of hydrogen-bond acceptors (Lipinski definition) is 4. The standard InChI is InChI=1S/C29H28BrClN4O3S/c1-19-11-13-26(14-12-19)39(37,38)34(28-10-6-9-27(31)21(28)3)18-29(36)33-32-17-23-15-20(2)35(22(23)4)25-8-5-7-24(30)16-25/h5-17H,18H2,1-4H3,(H,33,36)/b32-17-. The Morgan fingerprint density at radius 3 is 2.41 bits per heavy atom. The van der Waals surface area contributed by atoms with Gasteiger partial charge < -0.3 is 4.57 Å². The van der Waals surface area contributed by atoms with E-state index >= 15 is 0 Å². The first-order chi connectivity index (χ1) is 18.5. The fourth-order valence-corrected chi connectivity index (χ4v) is 6.31. The van der Waals surface area contributed by atoms with E-state index in [0.29, 0.717) is 16.3 Å². The maximum atomic E-state index is 13.6. The molecule has 0 fully saturated rings. The van der Waals surface area contributed by atoms with E-state index in [4.69, 9.17) is 11.6 Å². The highest BCUT2D eigenvalue weighted by Crippen LogP contribution is 2.31. The van der Waals surface area contributed by atoms with Crippen molar-refractivity contribution in [2.24, 2.45) is 5.10 Å². The molecule has 39 heavy (non-hydrogen) atoms. The lowest BCUT2D eigenvalue weighted by Crippen LogP contribution is -2.40. The van der Waals surface area contributed by atoms with Gasteiger partial charge in [0.2, 0.25) is 0 Å². The van der Waals surface area contributed by atoms with E-state index in [-0.39, 0.29) is 4.90 Å². The molecule has 1 heterocycles. The second kappa shape index (κ2) is 11.8. The Labute approximate surface area is 242 Å². The summed E-state index contributed by atoms with van der Waals surface area (Å²) >= 11 is 9.80. The average molecular weight is 628 g/mol. The van der Waals surface area contributed by atoms with Gasteiger partial charge in [0.15, 0.2) is 0 Å². The maximum absolute atomic E-state index is 13.6. The van der Waals surface area contributed by atoms with Crippen LogP contribution in [0, 0.1) is 27.7 Å². The number of hydrazone groups is 1. The van der Waals surface area contributed by atoms with Crippen molar-refractivity contribution < 1.29 is 13.2 Å². The van der Waals surface area contributed by atoms with Crippen molar-refractivity contribution in [1.29, 1.82) is 0 Å². The largest absolute Gasteiger partial charge is 0.318 e. The van der Waals surface area contributed by atoms with E-state index in [1.165, 1.54) is 12.1 Å². The van der Waals surface area contributed by atoms with Gasteiger partial charge in [-0.3, -0.25) is 9.10 Å². The third-order valence-corrected chi connectivity index (χ3v) is 9.01. The van der Waals surface area contributed by atoms with E-state index in [9.17, 15) is 13.2 Å². The third-order valence-electron chi connectivity index (χ3n) is 6.33. The fraction of sp³-hybridized carbons (Fsp3) is 0.172. The molecule has 0 aliphatic heterocycles. The molecule has 4 rings (SSSR count). The van der Waals surface area contributed by atoms with Crippen LogP contribution in [0.3, 0.4) is 0 Å². The molecule has 0 spiro atoms. The zero-order chi connectivity index (χ0) is 28.3. The molecular formula is C29H28BrClN4O3S. The number of nitrogens with zero attached hydrogens (tertiary/aromatic N) is 3. The van der Waals surface area contributed by atoms with Gasteiger partial charge in [-0.1, -0.05) is 57.4 Å². The number of sulfonamides is 1. The topological polar surface area (TPSA) is 83.8 Å². The van der Waals surface area contributed by atoms with Crippen LogP contribution in [0.4, 0.5) is 5.69 Å². The van der Waals surface area contributed by atoms with Gasteiger partial charge in [-0.25, -0.2) is 13.8 Å². The lowest BCUT2D eigenvalue weighted by atomic mass is 10.2. The van der Waals surface area contributed by atoms with Crippen LogP contribution in [0.15, 0.2) is 87.3 Å². The molecule has 0 bridgehead atoms. The van der Waals surface area contributed by atoms with E-state index in [1.54, 1.807) is 43.5 Å². The van der Waals surface area contributed by atoms with Crippen LogP contribution >= 0.6 is 27.5 Å². The van der Waals surface area contributed by atoms with Crippen molar-refractivity contribution in [1.82, 2.24) is 9.99 Å². The molecule has 0 saturated carbocycles. The van der Waals surface area contributed by atoms with Crippen molar-refractivity contribution in [3.05, 3.63) is 110 Å². The van der Waals surface area contributed by atoms with Gasteiger partial charge in [0.25, 0.3) is 15.9 Å². The predicted octanol–water partition coefficient (Wildman–Crippen LogP) is 6.47. The minimum absolute atomic E-state index is 0.0729. The summed E-state index contributed by atoms with van der Waals surface area (Å²) in [6, 6.07) is 21.3. The number of amides is 1. The first kappa shape index (κ1) is 28.6. The minimum atomic E-state index is -4.07. The van der Waals surface area contributed by atoms with Crippen molar-refractivity contribution in [2.45, 2.75) is 32.6 Å². The van der Waals surface area contributed by atoms with Gasteiger partial charge in [-0.05, 0) is 81.8 Å². The van der Waals surface area contributed by atoms with E-state index in [1.807, 2.05) is 51.1 Å². The van der Waals surface area contributed by atoms with Crippen molar-refractivity contribution in [3.63, 3.8) is 0 Å².